The van der Waals surface area contributed by atoms with Gasteiger partial charge in [0.1, 0.15) is 0 Å². The highest BCUT2D eigenvalue weighted by molar-refractivity contribution is 6.00. The Morgan fingerprint density at radius 3 is 2.09 bits per heavy atom. The van der Waals surface area contributed by atoms with Gasteiger partial charge in [0, 0.05) is 37.8 Å². The minimum absolute atomic E-state index is 0.154. The molecule has 178 valence electrons. The number of hydrogen-bond acceptors (Lipinski definition) is 2. The molecule has 0 N–H and O–H groups in total. The number of piperidine rings is 1. The van der Waals surface area contributed by atoms with E-state index in [1.165, 1.54) is 5.56 Å². The summed E-state index contributed by atoms with van der Waals surface area (Å²) < 4.78 is 0. The number of allylic oxidation sites excluding steroid dienone is 2. The smallest absolute Gasteiger partial charge is 0.254 e. The van der Waals surface area contributed by atoms with E-state index in [0.29, 0.717) is 12.6 Å². The first kappa shape index (κ1) is 29.6. The van der Waals surface area contributed by atoms with E-state index >= 15 is 0 Å². The Morgan fingerprint density at radius 2 is 1.56 bits per heavy atom. The molecule has 2 aliphatic rings. The van der Waals surface area contributed by atoms with Crippen LogP contribution in [0.5, 0.6) is 0 Å². The van der Waals surface area contributed by atoms with Crippen molar-refractivity contribution in [2.45, 2.75) is 73.4 Å². The monoisotopic (exact) mass is 438 g/mol. The SMILES string of the molecule is C=CC/C=C\C1=C(C=C)CN(C2CCN(Cc3ccccc3)CC2)C1=O.CC.CC.CC. The first-order valence-electron chi connectivity index (χ1n) is 12.4. The lowest BCUT2D eigenvalue weighted by molar-refractivity contribution is -0.128. The van der Waals surface area contributed by atoms with Gasteiger partial charge in [0.05, 0.1) is 0 Å². The summed E-state index contributed by atoms with van der Waals surface area (Å²) >= 11 is 0. The largest absolute Gasteiger partial charge is 0.331 e. The first-order valence-corrected chi connectivity index (χ1v) is 12.4. The third-order valence-electron chi connectivity index (χ3n) is 5.26. The maximum Gasteiger partial charge on any atom is 0.254 e. The summed E-state index contributed by atoms with van der Waals surface area (Å²) in [5, 5.41) is 0. The molecule has 1 aromatic carbocycles. The van der Waals surface area contributed by atoms with Gasteiger partial charge in [0.2, 0.25) is 0 Å². The quantitative estimate of drug-likeness (QED) is 0.421. The summed E-state index contributed by atoms with van der Waals surface area (Å²) in [6.07, 6.45) is 10.4. The molecule has 0 spiro atoms. The van der Waals surface area contributed by atoms with E-state index in [1.54, 1.807) is 0 Å². The lowest BCUT2D eigenvalue weighted by Gasteiger charge is -2.37. The highest BCUT2D eigenvalue weighted by Crippen LogP contribution is 2.28. The van der Waals surface area contributed by atoms with Crippen molar-refractivity contribution < 1.29 is 4.79 Å². The molecule has 1 saturated heterocycles. The fourth-order valence-electron chi connectivity index (χ4n) is 3.79. The second-order valence-corrected chi connectivity index (χ2v) is 7.00. The predicted molar refractivity (Wildman–Crippen MR) is 142 cm³/mol. The highest BCUT2D eigenvalue weighted by Gasteiger charge is 2.34. The zero-order valence-electron chi connectivity index (χ0n) is 21.4. The van der Waals surface area contributed by atoms with Gasteiger partial charge in [0.25, 0.3) is 5.91 Å². The fraction of sp³-hybridized carbons (Fsp3) is 0.483. The van der Waals surface area contributed by atoms with Crippen molar-refractivity contribution in [1.82, 2.24) is 9.80 Å². The molecule has 0 unspecified atom stereocenters. The Bertz CT molecular complexity index is 710. The van der Waals surface area contributed by atoms with E-state index in [9.17, 15) is 4.79 Å². The van der Waals surface area contributed by atoms with Crippen LogP contribution in [0, 0.1) is 0 Å². The van der Waals surface area contributed by atoms with Gasteiger partial charge < -0.3 is 4.90 Å². The van der Waals surface area contributed by atoms with Crippen molar-refractivity contribution in [3.63, 3.8) is 0 Å². The molecule has 3 nitrogen and oxygen atoms in total. The van der Waals surface area contributed by atoms with Gasteiger partial charge in [-0.05, 0) is 30.4 Å². The standard InChI is InChI=1S/C23H28N2O.3C2H6/c1-3-5-7-12-22-20(4-2)18-25(23(22)26)21-13-15-24(16-14-21)17-19-10-8-6-9-11-19;3*1-2/h3-4,6-12,21H,1-2,5,13-18H2;3*1-2H3/b12-7-;;;. The molecule has 0 aromatic heterocycles. The van der Waals surface area contributed by atoms with Crippen molar-refractivity contribution in [2.75, 3.05) is 19.6 Å². The van der Waals surface area contributed by atoms with E-state index in [1.807, 2.05) is 70.7 Å². The number of likely N-dealkylation sites (tertiary alicyclic amines) is 1. The normalized spacial score (nSPS) is 16.4. The molecular weight excluding hydrogens is 392 g/mol. The average molecular weight is 439 g/mol. The van der Waals surface area contributed by atoms with Crippen LogP contribution < -0.4 is 0 Å². The molecule has 32 heavy (non-hydrogen) atoms. The topological polar surface area (TPSA) is 23.6 Å². The number of hydrogen-bond donors (Lipinski definition) is 0. The maximum atomic E-state index is 12.9. The molecule has 1 aromatic rings. The van der Waals surface area contributed by atoms with Gasteiger partial charge in [-0.15, -0.1) is 6.58 Å². The maximum absolute atomic E-state index is 12.9. The Hall–Kier alpha value is -2.39. The van der Waals surface area contributed by atoms with Crippen LogP contribution in [-0.2, 0) is 11.3 Å². The Morgan fingerprint density at radius 1 is 0.969 bits per heavy atom. The summed E-state index contributed by atoms with van der Waals surface area (Å²) in [6, 6.07) is 10.9. The third-order valence-corrected chi connectivity index (χ3v) is 5.26. The fourth-order valence-corrected chi connectivity index (χ4v) is 3.79. The molecule has 3 rings (SSSR count). The van der Waals surface area contributed by atoms with Crippen molar-refractivity contribution in [3.05, 3.63) is 84.5 Å². The molecule has 1 fully saturated rings. The van der Waals surface area contributed by atoms with E-state index in [4.69, 9.17) is 0 Å². The third kappa shape index (κ3) is 9.00. The van der Waals surface area contributed by atoms with Gasteiger partial charge in [-0.3, -0.25) is 9.69 Å². The second-order valence-electron chi connectivity index (χ2n) is 7.00. The van der Waals surface area contributed by atoms with Gasteiger partial charge in [0.15, 0.2) is 0 Å². The van der Waals surface area contributed by atoms with E-state index < -0.39 is 0 Å². The van der Waals surface area contributed by atoms with Crippen molar-refractivity contribution in [3.8, 4) is 0 Å². The summed E-state index contributed by atoms with van der Waals surface area (Å²) in [5.74, 6) is 0.154. The number of amides is 1. The van der Waals surface area contributed by atoms with Gasteiger partial charge in [-0.2, -0.15) is 0 Å². The van der Waals surface area contributed by atoms with Crippen molar-refractivity contribution in [1.29, 1.82) is 0 Å². The number of benzene rings is 1. The molecule has 1 amide bonds. The number of nitrogens with zero attached hydrogens (tertiary/aromatic N) is 2. The van der Waals surface area contributed by atoms with E-state index in [2.05, 4.69) is 48.4 Å². The van der Waals surface area contributed by atoms with Crippen LogP contribution in [0.15, 0.2) is 78.9 Å². The first-order chi connectivity index (χ1) is 15.7. The zero-order valence-corrected chi connectivity index (χ0v) is 21.4. The molecule has 2 aliphatic heterocycles. The minimum Gasteiger partial charge on any atom is -0.331 e. The van der Waals surface area contributed by atoms with Crippen LogP contribution in [0.25, 0.3) is 0 Å². The van der Waals surface area contributed by atoms with Crippen molar-refractivity contribution >= 4 is 5.91 Å². The molecule has 0 aliphatic carbocycles. The predicted octanol–water partition coefficient (Wildman–Crippen LogP) is 7.19. The Kier molecular flexibility index (Phi) is 16.8. The lowest BCUT2D eigenvalue weighted by atomic mass is 10.0. The summed E-state index contributed by atoms with van der Waals surface area (Å²) in [5.41, 5.74) is 3.20. The Labute approximate surface area is 198 Å². The molecule has 2 heterocycles. The molecule has 0 radical (unpaired) electrons. The second kappa shape index (κ2) is 18.2. The van der Waals surface area contributed by atoms with E-state index in [-0.39, 0.29) is 5.91 Å². The molecular formula is C29H46N2O. The number of rotatable bonds is 7. The molecule has 0 bridgehead atoms. The van der Waals surface area contributed by atoms with Crippen LogP contribution in [0.3, 0.4) is 0 Å². The minimum atomic E-state index is 0.154. The molecule has 0 saturated carbocycles. The van der Waals surface area contributed by atoms with Crippen LogP contribution in [-0.4, -0.2) is 41.4 Å². The van der Waals surface area contributed by atoms with Crippen LogP contribution in [0.4, 0.5) is 0 Å². The van der Waals surface area contributed by atoms with Gasteiger partial charge in [-0.1, -0.05) is 103 Å². The van der Waals surface area contributed by atoms with Gasteiger partial charge >= 0.3 is 0 Å². The van der Waals surface area contributed by atoms with Crippen LogP contribution in [0.1, 0.15) is 66.4 Å². The summed E-state index contributed by atoms with van der Waals surface area (Å²) in [7, 11) is 0. The number of carbonyl (C=O) groups excluding carboxylic acids is 1. The Balaban J connectivity index is 0.00000148. The van der Waals surface area contributed by atoms with Crippen LogP contribution in [0.2, 0.25) is 0 Å². The summed E-state index contributed by atoms with van der Waals surface area (Å²) in [4.78, 5) is 17.4. The lowest BCUT2D eigenvalue weighted by Crippen LogP contribution is -2.45. The highest BCUT2D eigenvalue weighted by atomic mass is 16.2. The van der Waals surface area contributed by atoms with Crippen LogP contribution >= 0.6 is 0 Å². The average Bonchev–Trinajstić information content (AvgIpc) is 3.19. The summed E-state index contributed by atoms with van der Waals surface area (Å²) in [6.45, 7) is 23.4. The van der Waals surface area contributed by atoms with Crippen molar-refractivity contribution in [2.24, 2.45) is 0 Å². The van der Waals surface area contributed by atoms with Gasteiger partial charge in [-0.25, -0.2) is 0 Å². The molecule has 3 heteroatoms. The number of carbonyl (C=O) groups is 1. The molecule has 0 atom stereocenters. The van der Waals surface area contributed by atoms with E-state index in [0.717, 1.165) is 50.0 Å². The zero-order chi connectivity index (χ0) is 24.4.